The average Bonchev–Trinajstić information content (AvgIpc) is 2.88. The van der Waals surface area contributed by atoms with E-state index in [0.29, 0.717) is 67.3 Å². The maximum absolute atomic E-state index is 13.3. The Morgan fingerprint density at radius 2 is 2.06 bits per heavy atom. The highest BCUT2D eigenvalue weighted by molar-refractivity contribution is 7.98. The van der Waals surface area contributed by atoms with Gasteiger partial charge in [0.1, 0.15) is 27.3 Å². The quantitative estimate of drug-likeness (QED) is 0.464. The molecule has 33 heavy (non-hydrogen) atoms. The van der Waals surface area contributed by atoms with E-state index < -0.39 is 15.3 Å². The number of aromatic nitrogens is 2. The van der Waals surface area contributed by atoms with Gasteiger partial charge in [0.05, 0.1) is 26.9 Å². The van der Waals surface area contributed by atoms with Crippen LogP contribution in [-0.4, -0.2) is 83.2 Å². The number of methoxy groups -OCH3 is 1. The lowest BCUT2D eigenvalue weighted by molar-refractivity contribution is 0.0784. The molecule has 0 bridgehead atoms. The summed E-state index contributed by atoms with van der Waals surface area (Å²) in [4.78, 5) is 11.3. The molecule has 0 saturated carbocycles. The molecule has 4 rings (SSSR count). The first-order valence-electron chi connectivity index (χ1n) is 10.4. The van der Waals surface area contributed by atoms with Crippen molar-refractivity contribution in [2.75, 3.05) is 64.3 Å². The molecule has 0 aliphatic carbocycles. The predicted molar refractivity (Wildman–Crippen MR) is 123 cm³/mol. The number of nitrogens with zero attached hydrogens (tertiary/aromatic N) is 4. The van der Waals surface area contributed by atoms with E-state index >= 15 is 0 Å². The lowest BCUT2D eigenvalue weighted by Crippen LogP contribution is -2.43. The highest BCUT2D eigenvalue weighted by Crippen LogP contribution is 2.34. The number of nitrogens with one attached hydrogen (secondary N) is 1. The second-order valence-electron chi connectivity index (χ2n) is 7.38. The topological polar surface area (TPSA) is 127 Å². The smallest absolute Gasteiger partial charge is 0.210 e. The summed E-state index contributed by atoms with van der Waals surface area (Å²) in [7, 11) is -2.42. The Balaban J connectivity index is 1.82. The molecular weight excluding hydrogens is 466 g/mol. The molecule has 0 spiro atoms. The van der Waals surface area contributed by atoms with Crippen molar-refractivity contribution >= 4 is 27.4 Å². The second kappa shape index (κ2) is 10.2. The fourth-order valence-electron chi connectivity index (χ4n) is 3.73. The molecule has 2 saturated heterocycles. The maximum atomic E-state index is 13.3. The Hall–Kier alpha value is -2.43. The van der Waals surface area contributed by atoms with Gasteiger partial charge in [-0.2, -0.15) is 5.26 Å². The number of benzene rings is 1. The number of ether oxygens (including phenoxy) is 3. The molecule has 1 aromatic carbocycles. The minimum atomic E-state index is -3.84. The van der Waals surface area contributed by atoms with E-state index in [1.807, 2.05) is 11.2 Å². The fourth-order valence-corrected chi connectivity index (χ4v) is 5.87. The SMILES string of the molecule is COc1ccc(-c2nc(SC)c(C#N)c(N3CCOCC3)n2)cc1S(=O)(=O)C1CNCCO1. The van der Waals surface area contributed by atoms with Crippen molar-refractivity contribution in [3.8, 4) is 23.2 Å². The molecule has 2 aliphatic heterocycles. The first-order valence-corrected chi connectivity index (χ1v) is 13.2. The third kappa shape index (κ3) is 4.78. The summed E-state index contributed by atoms with van der Waals surface area (Å²) in [5, 5.41) is 13.3. The fraction of sp³-hybridized carbons (Fsp3) is 0.476. The minimum absolute atomic E-state index is 0.0165. The molecule has 1 unspecified atom stereocenters. The Labute approximate surface area is 197 Å². The number of hydrogen-bond acceptors (Lipinski definition) is 11. The number of morpholine rings is 2. The third-order valence-electron chi connectivity index (χ3n) is 5.44. The zero-order valence-corrected chi connectivity index (χ0v) is 20.0. The third-order valence-corrected chi connectivity index (χ3v) is 8.05. The number of thioether (sulfide) groups is 1. The monoisotopic (exact) mass is 491 g/mol. The summed E-state index contributed by atoms with van der Waals surface area (Å²) >= 11 is 1.34. The van der Waals surface area contributed by atoms with Gasteiger partial charge in [0, 0.05) is 31.7 Å². The van der Waals surface area contributed by atoms with E-state index in [1.54, 1.807) is 12.1 Å². The summed E-state index contributed by atoms with van der Waals surface area (Å²) in [6, 6.07) is 7.04. The van der Waals surface area contributed by atoms with Crippen molar-refractivity contribution in [1.82, 2.24) is 15.3 Å². The van der Waals surface area contributed by atoms with Gasteiger partial charge >= 0.3 is 0 Å². The average molecular weight is 492 g/mol. The minimum Gasteiger partial charge on any atom is -0.495 e. The lowest BCUT2D eigenvalue weighted by Gasteiger charge is -2.29. The van der Waals surface area contributed by atoms with E-state index in [-0.39, 0.29) is 17.2 Å². The molecule has 1 atom stereocenters. The Morgan fingerprint density at radius 1 is 1.27 bits per heavy atom. The van der Waals surface area contributed by atoms with Crippen LogP contribution in [0.3, 0.4) is 0 Å². The van der Waals surface area contributed by atoms with E-state index in [0.717, 1.165) is 0 Å². The van der Waals surface area contributed by atoms with Gasteiger partial charge in [0.25, 0.3) is 0 Å². The van der Waals surface area contributed by atoms with Gasteiger partial charge in [-0.25, -0.2) is 18.4 Å². The number of nitriles is 1. The number of sulfone groups is 1. The van der Waals surface area contributed by atoms with Gasteiger partial charge in [-0.1, -0.05) is 0 Å². The summed E-state index contributed by atoms with van der Waals surface area (Å²) in [5.74, 6) is 1.08. The largest absolute Gasteiger partial charge is 0.495 e. The summed E-state index contributed by atoms with van der Waals surface area (Å²) in [6.07, 6.45) is 1.84. The van der Waals surface area contributed by atoms with Crippen molar-refractivity contribution in [1.29, 1.82) is 5.26 Å². The Bertz CT molecular complexity index is 1160. The zero-order chi connectivity index (χ0) is 23.4. The van der Waals surface area contributed by atoms with Gasteiger partial charge in [0.2, 0.25) is 9.84 Å². The molecule has 2 aliphatic rings. The standard InChI is InChI=1S/C21H25N5O5S2/c1-29-16-4-3-14(11-17(16)33(27,28)18-13-23-5-8-31-18)19-24-20(26-6-9-30-10-7-26)15(12-22)21(25-19)32-2/h3-4,11,18,23H,5-10,13H2,1-2H3. The van der Waals surface area contributed by atoms with Gasteiger partial charge in [-0.3, -0.25) is 0 Å². The van der Waals surface area contributed by atoms with Crippen LogP contribution in [0.25, 0.3) is 11.4 Å². The van der Waals surface area contributed by atoms with Crippen molar-refractivity contribution in [3.63, 3.8) is 0 Å². The summed E-state index contributed by atoms with van der Waals surface area (Å²) in [6.45, 7) is 3.40. The van der Waals surface area contributed by atoms with Gasteiger partial charge in [-0.05, 0) is 24.5 Å². The van der Waals surface area contributed by atoms with Crippen LogP contribution < -0.4 is 15.0 Å². The summed E-state index contributed by atoms with van der Waals surface area (Å²) in [5.41, 5.74) is -0.105. The lowest BCUT2D eigenvalue weighted by atomic mass is 10.2. The van der Waals surface area contributed by atoms with Gasteiger partial charge in [0.15, 0.2) is 17.1 Å². The van der Waals surface area contributed by atoms with E-state index in [2.05, 4.69) is 21.4 Å². The van der Waals surface area contributed by atoms with E-state index in [4.69, 9.17) is 14.2 Å². The second-order valence-corrected chi connectivity index (χ2v) is 10.2. The normalized spacial score (nSPS) is 19.2. The van der Waals surface area contributed by atoms with E-state index in [9.17, 15) is 13.7 Å². The van der Waals surface area contributed by atoms with Gasteiger partial charge in [-0.15, -0.1) is 11.8 Å². The van der Waals surface area contributed by atoms with Crippen LogP contribution in [0.15, 0.2) is 28.1 Å². The highest BCUT2D eigenvalue weighted by Gasteiger charge is 2.33. The van der Waals surface area contributed by atoms with Crippen LogP contribution in [0.1, 0.15) is 5.56 Å². The number of hydrogen-bond donors (Lipinski definition) is 1. The van der Waals surface area contributed by atoms with Crippen molar-refractivity contribution in [2.24, 2.45) is 0 Å². The first-order chi connectivity index (χ1) is 16.0. The molecule has 12 heteroatoms. The van der Waals surface area contributed by atoms with Crippen LogP contribution in [0.2, 0.25) is 0 Å². The van der Waals surface area contributed by atoms with Crippen LogP contribution in [0.4, 0.5) is 5.82 Å². The first kappa shape index (κ1) is 23.7. The number of anilines is 1. The maximum Gasteiger partial charge on any atom is 0.210 e. The van der Waals surface area contributed by atoms with Crippen LogP contribution in [0, 0.1) is 11.3 Å². The molecule has 0 amide bonds. The molecule has 2 aromatic rings. The van der Waals surface area contributed by atoms with Crippen LogP contribution >= 0.6 is 11.8 Å². The molecule has 1 N–H and O–H groups in total. The zero-order valence-electron chi connectivity index (χ0n) is 18.4. The van der Waals surface area contributed by atoms with Crippen LogP contribution in [0.5, 0.6) is 5.75 Å². The van der Waals surface area contributed by atoms with Crippen LogP contribution in [-0.2, 0) is 19.3 Å². The molecular formula is C21H25N5O5S2. The predicted octanol–water partition coefficient (Wildman–Crippen LogP) is 1.30. The molecule has 2 fully saturated rings. The molecule has 3 heterocycles. The Morgan fingerprint density at radius 3 is 2.70 bits per heavy atom. The molecule has 1 aromatic heterocycles. The summed E-state index contributed by atoms with van der Waals surface area (Å²) < 4.78 is 43.0. The molecule has 176 valence electrons. The Kier molecular flexibility index (Phi) is 7.35. The molecule has 0 radical (unpaired) electrons. The van der Waals surface area contributed by atoms with Crippen molar-refractivity contribution < 1.29 is 22.6 Å². The number of rotatable bonds is 6. The van der Waals surface area contributed by atoms with Gasteiger partial charge < -0.3 is 24.4 Å². The molecule has 10 nitrogen and oxygen atoms in total. The highest BCUT2D eigenvalue weighted by atomic mass is 32.2. The van der Waals surface area contributed by atoms with Crippen molar-refractivity contribution in [2.45, 2.75) is 15.4 Å². The van der Waals surface area contributed by atoms with E-state index in [1.165, 1.54) is 24.9 Å². The van der Waals surface area contributed by atoms with Crippen molar-refractivity contribution in [3.05, 3.63) is 23.8 Å².